The quantitative estimate of drug-likeness (QED) is 0.889. The van der Waals surface area contributed by atoms with E-state index in [2.05, 4.69) is 62.2 Å². The van der Waals surface area contributed by atoms with E-state index in [0.29, 0.717) is 6.04 Å². The summed E-state index contributed by atoms with van der Waals surface area (Å²) in [5.74, 6) is 0. The van der Waals surface area contributed by atoms with E-state index in [1.54, 1.807) is 0 Å². The zero-order chi connectivity index (χ0) is 13.2. The van der Waals surface area contributed by atoms with Crippen LogP contribution in [0.4, 0.5) is 11.4 Å². The van der Waals surface area contributed by atoms with Gasteiger partial charge in [0.25, 0.3) is 0 Å². The molecular weight excluding hydrogens is 224 g/mol. The van der Waals surface area contributed by atoms with E-state index in [0.717, 1.165) is 19.7 Å². The topological polar surface area (TPSA) is 24.5 Å². The molecule has 0 saturated heterocycles. The van der Waals surface area contributed by atoms with Crippen molar-refractivity contribution in [2.24, 2.45) is 0 Å². The predicted octanol–water partition coefficient (Wildman–Crippen LogP) is 3.12. The number of nitrogens with one attached hydrogen (secondary N) is 1. The third kappa shape index (κ3) is 3.16. The fraction of sp³-hybridized carbons (Fsp3) is 0.600. The minimum Gasteiger partial charge on any atom is -0.381 e. The first-order valence-electron chi connectivity index (χ1n) is 6.71. The minimum absolute atomic E-state index is 0.0587. The maximum absolute atomic E-state index is 5.83. The summed E-state index contributed by atoms with van der Waals surface area (Å²) in [5.41, 5.74) is 2.46. The molecule has 1 heterocycles. The number of anilines is 2. The molecule has 1 unspecified atom stereocenters. The van der Waals surface area contributed by atoms with Gasteiger partial charge in [-0.2, -0.15) is 0 Å². The summed E-state index contributed by atoms with van der Waals surface area (Å²) in [6, 6.07) is 8.99. The number of nitrogens with zero attached hydrogens (tertiary/aromatic N) is 1. The SMILES string of the molecule is CC1CNc2ccccc2N1CCOC(C)(C)C. The van der Waals surface area contributed by atoms with Gasteiger partial charge < -0.3 is 15.0 Å². The minimum atomic E-state index is -0.0587. The maximum atomic E-state index is 5.83. The Morgan fingerprint density at radius 3 is 2.78 bits per heavy atom. The Labute approximate surface area is 110 Å². The lowest BCUT2D eigenvalue weighted by molar-refractivity contribution is 0.000930. The summed E-state index contributed by atoms with van der Waals surface area (Å²) < 4.78 is 5.83. The van der Waals surface area contributed by atoms with Crippen LogP contribution in [0.5, 0.6) is 0 Å². The third-order valence-electron chi connectivity index (χ3n) is 3.20. The third-order valence-corrected chi connectivity index (χ3v) is 3.20. The summed E-state index contributed by atoms with van der Waals surface area (Å²) in [7, 11) is 0. The van der Waals surface area contributed by atoms with Crippen LogP contribution in [0.2, 0.25) is 0 Å². The van der Waals surface area contributed by atoms with Crippen molar-refractivity contribution in [2.45, 2.75) is 39.3 Å². The van der Waals surface area contributed by atoms with E-state index in [9.17, 15) is 0 Å². The molecule has 0 aromatic heterocycles. The van der Waals surface area contributed by atoms with Gasteiger partial charge in [0.15, 0.2) is 0 Å². The Bertz CT molecular complexity index is 398. The molecule has 0 bridgehead atoms. The molecule has 1 N–H and O–H groups in total. The van der Waals surface area contributed by atoms with Crippen molar-refractivity contribution in [3.63, 3.8) is 0 Å². The molecule has 1 aliphatic heterocycles. The monoisotopic (exact) mass is 248 g/mol. The fourth-order valence-electron chi connectivity index (χ4n) is 2.27. The van der Waals surface area contributed by atoms with Crippen molar-refractivity contribution in [1.82, 2.24) is 0 Å². The van der Waals surface area contributed by atoms with Crippen LogP contribution in [0, 0.1) is 0 Å². The highest BCUT2D eigenvalue weighted by molar-refractivity contribution is 5.72. The number of hydrogen-bond acceptors (Lipinski definition) is 3. The molecule has 0 saturated carbocycles. The Kier molecular flexibility index (Phi) is 3.81. The fourth-order valence-corrected chi connectivity index (χ4v) is 2.27. The molecule has 0 aliphatic carbocycles. The smallest absolute Gasteiger partial charge is 0.0648 e. The van der Waals surface area contributed by atoms with Gasteiger partial charge in [0.05, 0.1) is 23.6 Å². The molecule has 3 heteroatoms. The number of fused-ring (bicyclic) bond motifs is 1. The molecule has 0 amide bonds. The van der Waals surface area contributed by atoms with Crippen LogP contribution >= 0.6 is 0 Å². The van der Waals surface area contributed by atoms with Crippen LogP contribution in [0.3, 0.4) is 0 Å². The lowest BCUT2D eigenvalue weighted by Crippen LogP contribution is -2.44. The Morgan fingerprint density at radius 2 is 2.06 bits per heavy atom. The van der Waals surface area contributed by atoms with Crippen molar-refractivity contribution in [3.05, 3.63) is 24.3 Å². The molecule has 100 valence electrons. The van der Waals surface area contributed by atoms with E-state index < -0.39 is 0 Å². The summed E-state index contributed by atoms with van der Waals surface area (Å²) in [5, 5.41) is 3.47. The molecule has 0 radical (unpaired) electrons. The van der Waals surface area contributed by atoms with Crippen LogP contribution in [0.15, 0.2) is 24.3 Å². The number of benzene rings is 1. The second-order valence-corrected chi connectivity index (χ2v) is 5.90. The van der Waals surface area contributed by atoms with Crippen LogP contribution < -0.4 is 10.2 Å². The highest BCUT2D eigenvalue weighted by Gasteiger charge is 2.22. The molecule has 1 aliphatic rings. The number of hydrogen-bond donors (Lipinski definition) is 1. The van der Waals surface area contributed by atoms with Gasteiger partial charge in [-0.3, -0.25) is 0 Å². The average molecular weight is 248 g/mol. The zero-order valence-corrected chi connectivity index (χ0v) is 11.9. The van der Waals surface area contributed by atoms with Crippen molar-refractivity contribution >= 4 is 11.4 Å². The second kappa shape index (κ2) is 5.19. The van der Waals surface area contributed by atoms with Crippen molar-refractivity contribution in [2.75, 3.05) is 29.9 Å². The van der Waals surface area contributed by atoms with Crippen LogP contribution in [0.25, 0.3) is 0 Å². The van der Waals surface area contributed by atoms with Gasteiger partial charge in [-0.05, 0) is 39.8 Å². The molecule has 1 atom stereocenters. The first kappa shape index (κ1) is 13.2. The largest absolute Gasteiger partial charge is 0.381 e. The number of rotatable bonds is 3. The van der Waals surface area contributed by atoms with E-state index in [1.165, 1.54) is 11.4 Å². The van der Waals surface area contributed by atoms with E-state index in [4.69, 9.17) is 4.74 Å². The van der Waals surface area contributed by atoms with Gasteiger partial charge >= 0.3 is 0 Å². The number of para-hydroxylation sites is 2. The maximum Gasteiger partial charge on any atom is 0.0648 e. The first-order valence-corrected chi connectivity index (χ1v) is 6.71. The molecule has 2 rings (SSSR count). The lowest BCUT2D eigenvalue weighted by Gasteiger charge is -2.38. The second-order valence-electron chi connectivity index (χ2n) is 5.90. The molecule has 1 aromatic carbocycles. The lowest BCUT2D eigenvalue weighted by atomic mass is 10.1. The van der Waals surface area contributed by atoms with Crippen molar-refractivity contribution < 1.29 is 4.74 Å². The molecular formula is C15H24N2O. The van der Waals surface area contributed by atoms with Gasteiger partial charge in [0.2, 0.25) is 0 Å². The summed E-state index contributed by atoms with van der Waals surface area (Å²) in [4.78, 5) is 2.43. The molecule has 18 heavy (non-hydrogen) atoms. The molecule has 3 nitrogen and oxygen atoms in total. The number of ether oxygens (including phenoxy) is 1. The first-order chi connectivity index (χ1) is 8.47. The van der Waals surface area contributed by atoms with Gasteiger partial charge in [-0.25, -0.2) is 0 Å². The zero-order valence-electron chi connectivity index (χ0n) is 11.9. The van der Waals surface area contributed by atoms with E-state index in [-0.39, 0.29) is 5.60 Å². The molecule has 0 fully saturated rings. The van der Waals surface area contributed by atoms with Crippen molar-refractivity contribution in [3.8, 4) is 0 Å². The van der Waals surface area contributed by atoms with Gasteiger partial charge in [0.1, 0.15) is 0 Å². The average Bonchev–Trinajstić information content (AvgIpc) is 2.31. The standard InChI is InChI=1S/C15H24N2O/c1-12-11-16-13-7-5-6-8-14(13)17(12)9-10-18-15(2,3)4/h5-8,12,16H,9-11H2,1-4H3. The van der Waals surface area contributed by atoms with Crippen LogP contribution in [-0.4, -0.2) is 31.3 Å². The highest BCUT2D eigenvalue weighted by atomic mass is 16.5. The van der Waals surface area contributed by atoms with Crippen LogP contribution in [0.1, 0.15) is 27.7 Å². The summed E-state index contributed by atoms with van der Waals surface area (Å²) in [6.45, 7) is 11.2. The Hall–Kier alpha value is -1.22. The Morgan fingerprint density at radius 1 is 1.33 bits per heavy atom. The van der Waals surface area contributed by atoms with E-state index in [1.807, 2.05) is 0 Å². The molecule has 0 spiro atoms. The van der Waals surface area contributed by atoms with Gasteiger partial charge in [-0.1, -0.05) is 12.1 Å². The Balaban J connectivity index is 2.03. The van der Waals surface area contributed by atoms with E-state index >= 15 is 0 Å². The predicted molar refractivity (Wildman–Crippen MR) is 77.4 cm³/mol. The highest BCUT2D eigenvalue weighted by Crippen LogP contribution is 2.30. The summed E-state index contributed by atoms with van der Waals surface area (Å²) in [6.07, 6.45) is 0. The van der Waals surface area contributed by atoms with Gasteiger partial charge in [-0.15, -0.1) is 0 Å². The van der Waals surface area contributed by atoms with Gasteiger partial charge in [0, 0.05) is 19.1 Å². The summed E-state index contributed by atoms with van der Waals surface area (Å²) >= 11 is 0. The van der Waals surface area contributed by atoms with Crippen molar-refractivity contribution in [1.29, 1.82) is 0 Å². The molecule has 1 aromatic rings. The van der Waals surface area contributed by atoms with Crippen LogP contribution in [-0.2, 0) is 4.74 Å². The normalized spacial score (nSPS) is 19.3.